The molecular formula is C28H28Cl3FN2O2. The van der Waals surface area contributed by atoms with Crippen molar-refractivity contribution in [3.05, 3.63) is 104 Å². The lowest BCUT2D eigenvalue weighted by Gasteiger charge is -2.32. The highest BCUT2D eigenvalue weighted by Gasteiger charge is 2.32. The van der Waals surface area contributed by atoms with Gasteiger partial charge in [0.25, 0.3) is 0 Å². The summed E-state index contributed by atoms with van der Waals surface area (Å²) in [5, 5.41) is 3.81. The van der Waals surface area contributed by atoms with Crippen LogP contribution in [-0.2, 0) is 29.0 Å². The first kappa shape index (κ1) is 28.0. The van der Waals surface area contributed by atoms with Crippen LogP contribution in [0.4, 0.5) is 4.39 Å². The van der Waals surface area contributed by atoms with Gasteiger partial charge in [-0.3, -0.25) is 9.59 Å². The number of benzene rings is 3. The summed E-state index contributed by atoms with van der Waals surface area (Å²) in [4.78, 5) is 28.6. The van der Waals surface area contributed by atoms with Crippen molar-refractivity contribution < 1.29 is 14.0 Å². The molecule has 0 saturated heterocycles. The van der Waals surface area contributed by atoms with E-state index in [1.165, 1.54) is 23.1 Å². The van der Waals surface area contributed by atoms with Crippen molar-refractivity contribution in [3.63, 3.8) is 0 Å². The number of hydrogen-bond acceptors (Lipinski definition) is 2. The van der Waals surface area contributed by atoms with Crippen molar-refractivity contribution in [1.29, 1.82) is 0 Å². The van der Waals surface area contributed by atoms with E-state index < -0.39 is 17.8 Å². The Labute approximate surface area is 226 Å². The SMILES string of the molecule is CC(C)CNC(=O)[C@H](Cc1ccccc1)N(Cc1c(Cl)cccc1Cl)C(=O)Cc1c(F)cccc1Cl. The Morgan fingerprint density at radius 1 is 0.861 bits per heavy atom. The van der Waals surface area contributed by atoms with Gasteiger partial charge < -0.3 is 10.2 Å². The van der Waals surface area contributed by atoms with Crippen LogP contribution in [0, 0.1) is 11.7 Å². The third kappa shape index (κ3) is 7.45. The molecule has 0 aromatic heterocycles. The first-order valence-corrected chi connectivity index (χ1v) is 12.8. The smallest absolute Gasteiger partial charge is 0.243 e. The molecule has 0 saturated carbocycles. The highest BCUT2D eigenvalue weighted by atomic mass is 35.5. The zero-order chi connectivity index (χ0) is 26.2. The van der Waals surface area contributed by atoms with Crippen LogP contribution >= 0.6 is 34.8 Å². The van der Waals surface area contributed by atoms with Gasteiger partial charge in [-0.1, -0.05) is 91.1 Å². The van der Waals surface area contributed by atoms with Gasteiger partial charge in [0, 0.05) is 45.7 Å². The van der Waals surface area contributed by atoms with Gasteiger partial charge in [-0.15, -0.1) is 0 Å². The van der Waals surface area contributed by atoms with E-state index in [0.717, 1.165) is 5.56 Å². The number of nitrogens with one attached hydrogen (secondary N) is 1. The number of amides is 2. The van der Waals surface area contributed by atoms with E-state index >= 15 is 0 Å². The Kier molecular flexibility index (Phi) is 10.2. The molecule has 2 amide bonds. The van der Waals surface area contributed by atoms with Gasteiger partial charge in [0.15, 0.2) is 0 Å². The lowest BCUT2D eigenvalue weighted by Crippen LogP contribution is -2.51. The summed E-state index contributed by atoms with van der Waals surface area (Å²) >= 11 is 19.1. The van der Waals surface area contributed by atoms with Crippen LogP contribution in [0.1, 0.15) is 30.5 Å². The summed E-state index contributed by atoms with van der Waals surface area (Å²) in [6.45, 7) is 4.38. The van der Waals surface area contributed by atoms with Gasteiger partial charge in [0.05, 0.1) is 6.42 Å². The second-order valence-corrected chi connectivity index (χ2v) is 10.2. The van der Waals surface area contributed by atoms with Crippen molar-refractivity contribution in [2.75, 3.05) is 6.54 Å². The Morgan fingerprint density at radius 2 is 1.44 bits per heavy atom. The summed E-state index contributed by atoms with van der Waals surface area (Å²) in [5.74, 6) is -1.16. The number of carbonyl (C=O) groups excluding carboxylic acids is 2. The quantitative estimate of drug-likeness (QED) is 0.304. The molecule has 4 nitrogen and oxygen atoms in total. The lowest BCUT2D eigenvalue weighted by molar-refractivity contribution is -0.140. The van der Waals surface area contributed by atoms with Crippen LogP contribution in [0.15, 0.2) is 66.7 Å². The Bertz CT molecular complexity index is 1160. The van der Waals surface area contributed by atoms with Gasteiger partial charge in [-0.25, -0.2) is 4.39 Å². The predicted molar refractivity (Wildman–Crippen MR) is 144 cm³/mol. The fourth-order valence-electron chi connectivity index (χ4n) is 3.78. The van der Waals surface area contributed by atoms with E-state index in [1.54, 1.807) is 18.2 Å². The van der Waals surface area contributed by atoms with Gasteiger partial charge in [-0.05, 0) is 35.7 Å². The third-order valence-electron chi connectivity index (χ3n) is 5.74. The molecule has 3 aromatic carbocycles. The lowest BCUT2D eigenvalue weighted by atomic mass is 10.0. The molecule has 3 aromatic rings. The molecule has 0 aliphatic heterocycles. The second-order valence-electron chi connectivity index (χ2n) is 8.94. The molecule has 1 N–H and O–H groups in total. The monoisotopic (exact) mass is 548 g/mol. The molecule has 0 radical (unpaired) electrons. The number of rotatable bonds is 10. The average molecular weight is 550 g/mol. The molecule has 0 aliphatic carbocycles. The van der Waals surface area contributed by atoms with E-state index in [4.69, 9.17) is 34.8 Å². The van der Waals surface area contributed by atoms with Gasteiger partial charge >= 0.3 is 0 Å². The van der Waals surface area contributed by atoms with E-state index in [-0.39, 0.29) is 41.8 Å². The first-order chi connectivity index (χ1) is 17.2. The van der Waals surface area contributed by atoms with Gasteiger partial charge in [0.1, 0.15) is 11.9 Å². The molecule has 0 unspecified atom stereocenters. The molecule has 1 atom stereocenters. The van der Waals surface area contributed by atoms with E-state index in [0.29, 0.717) is 22.2 Å². The molecule has 0 heterocycles. The zero-order valence-corrected chi connectivity index (χ0v) is 22.4. The van der Waals surface area contributed by atoms with Crippen molar-refractivity contribution in [3.8, 4) is 0 Å². The summed E-state index contributed by atoms with van der Waals surface area (Å²) in [6, 6.07) is 17.8. The molecular weight excluding hydrogens is 522 g/mol. The van der Waals surface area contributed by atoms with E-state index in [1.807, 2.05) is 44.2 Å². The normalized spacial score (nSPS) is 11.9. The standard InChI is InChI=1S/C28H28Cl3FN2O2/c1-18(2)16-33-28(36)26(14-19-8-4-3-5-9-19)34(17-21-23(30)10-6-11-24(21)31)27(35)15-20-22(29)12-7-13-25(20)32/h3-13,18,26H,14-17H2,1-2H3,(H,33,36)/t26-/m0/s1. The minimum atomic E-state index is -0.892. The van der Waals surface area contributed by atoms with Crippen LogP contribution in [0.2, 0.25) is 15.1 Å². The summed E-state index contributed by atoms with van der Waals surface area (Å²) < 4.78 is 14.6. The van der Waals surface area contributed by atoms with Crippen LogP contribution in [0.3, 0.4) is 0 Å². The number of hydrogen-bond donors (Lipinski definition) is 1. The fourth-order valence-corrected chi connectivity index (χ4v) is 4.53. The van der Waals surface area contributed by atoms with Gasteiger partial charge in [-0.2, -0.15) is 0 Å². The number of halogens is 4. The summed E-state index contributed by atoms with van der Waals surface area (Å²) in [6.07, 6.45) is -0.0695. The zero-order valence-electron chi connectivity index (χ0n) is 20.1. The van der Waals surface area contributed by atoms with Crippen LogP contribution in [0.25, 0.3) is 0 Å². The van der Waals surface area contributed by atoms with E-state index in [9.17, 15) is 14.0 Å². The number of nitrogens with zero attached hydrogens (tertiary/aromatic N) is 1. The second kappa shape index (κ2) is 13.1. The Hall–Kier alpha value is -2.60. The highest BCUT2D eigenvalue weighted by Crippen LogP contribution is 2.28. The summed E-state index contributed by atoms with van der Waals surface area (Å²) in [7, 11) is 0. The predicted octanol–water partition coefficient (Wildman–Crippen LogP) is 6.74. The maximum absolute atomic E-state index is 14.6. The van der Waals surface area contributed by atoms with Gasteiger partial charge in [0.2, 0.25) is 11.8 Å². The van der Waals surface area contributed by atoms with Crippen molar-refractivity contribution in [1.82, 2.24) is 10.2 Å². The van der Waals surface area contributed by atoms with Crippen LogP contribution in [-0.4, -0.2) is 29.3 Å². The third-order valence-corrected chi connectivity index (χ3v) is 6.80. The van der Waals surface area contributed by atoms with Crippen molar-refractivity contribution in [2.45, 2.75) is 39.3 Å². The number of carbonyl (C=O) groups is 2. The molecule has 0 fully saturated rings. The highest BCUT2D eigenvalue weighted by molar-refractivity contribution is 6.36. The molecule has 3 rings (SSSR count). The Morgan fingerprint density at radius 3 is 2.03 bits per heavy atom. The molecule has 0 bridgehead atoms. The largest absolute Gasteiger partial charge is 0.354 e. The maximum Gasteiger partial charge on any atom is 0.243 e. The minimum absolute atomic E-state index is 0.0317. The average Bonchev–Trinajstić information content (AvgIpc) is 2.84. The molecule has 0 aliphatic rings. The fraction of sp³-hybridized carbons (Fsp3) is 0.286. The van der Waals surface area contributed by atoms with Crippen molar-refractivity contribution in [2.24, 2.45) is 5.92 Å². The molecule has 0 spiro atoms. The van der Waals surface area contributed by atoms with Crippen LogP contribution in [0.5, 0.6) is 0 Å². The maximum atomic E-state index is 14.6. The first-order valence-electron chi connectivity index (χ1n) is 11.6. The van der Waals surface area contributed by atoms with E-state index in [2.05, 4.69) is 5.32 Å². The summed E-state index contributed by atoms with van der Waals surface area (Å²) in [5.41, 5.74) is 1.44. The molecule has 36 heavy (non-hydrogen) atoms. The minimum Gasteiger partial charge on any atom is -0.354 e. The molecule has 190 valence electrons. The van der Waals surface area contributed by atoms with Crippen LogP contribution < -0.4 is 5.32 Å². The van der Waals surface area contributed by atoms with Crippen molar-refractivity contribution >= 4 is 46.6 Å². The Balaban J connectivity index is 2.04. The molecule has 8 heteroatoms. The topological polar surface area (TPSA) is 49.4 Å².